The fraction of sp³-hybridized carbons (Fsp3) is 0.267. The molecular formula is C15H17N5O4. The standard InChI is InChI=1S/C15H17N5O4/c16-8-11(7-14(23)24)20-13(22)6-5-12(21)19-10-3-1-9(2-4-10)15(17)18/h1-4,11H,5-7H2,(H3,17,18)(H,19,21)(H,20,22)(H,23,24). The lowest BCUT2D eigenvalue weighted by Crippen LogP contribution is -2.35. The number of nitrogen functional groups attached to an aromatic ring is 1. The summed E-state index contributed by atoms with van der Waals surface area (Å²) in [6.07, 6.45) is -0.794. The normalized spacial score (nSPS) is 11.0. The molecule has 0 saturated heterocycles. The first-order chi connectivity index (χ1) is 11.3. The average molecular weight is 331 g/mol. The second kappa shape index (κ2) is 8.89. The first kappa shape index (κ1) is 18.6. The van der Waals surface area contributed by atoms with Gasteiger partial charge in [0.2, 0.25) is 11.8 Å². The number of nitrogens with zero attached hydrogens (tertiary/aromatic N) is 1. The van der Waals surface area contributed by atoms with Crippen LogP contribution >= 0.6 is 0 Å². The third-order valence-electron chi connectivity index (χ3n) is 2.93. The third kappa shape index (κ3) is 6.57. The minimum Gasteiger partial charge on any atom is -0.481 e. The lowest BCUT2D eigenvalue weighted by molar-refractivity contribution is -0.137. The Morgan fingerprint density at radius 2 is 1.79 bits per heavy atom. The van der Waals surface area contributed by atoms with E-state index in [4.69, 9.17) is 21.5 Å². The molecule has 0 saturated carbocycles. The Morgan fingerprint density at radius 3 is 2.29 bits per heavy atom. The van der Waals surface area contributed by atoms with Gasteiger partial charge in [0.1, 0.15) is 11.9 Å². The number of carbonyl (C=O) groups is 3. The molecule has 1 unspecified atom stereocenters. The number of anilines is 1. The number of carboxylic acids is 1. The van der Waals surface area contributed by atoms with E-state index in [-0.39, 0.29) is 18.7 Å². The van der Waals surface area contributed by atoms with Gasteiger partial charge in [0, 0.05) is 24.1 Å². The maximum Gasteiger partial charge on any atom is 0.306 e. The summed E-state index contributed by atoms with van der Waals surface area (Å²) in [5, 5.41) is 29.4. The van der Waals surface area contributed by atoms with E-state index >= 15 is 0 Å². The van der Waals surface area contributed by atoms with E-state index in [9.17, 15) is 14.4 Å². The molecule has 0 fully saturated rings. The second-order valence-electron chi connectivity index (χ2n) is 4.89. The van der Waals surface area contributed by atoms with Crippen LogP contribution in [0.15, 0.2) is 24.3 Å². The van der Waals surface area contributed by atoms with E-state index in [2.05, 4.69) is 10.6 Å². The zero-order chi connectivity index (χ0) is 18.1. The fourth-order valence-electron chi connectivity index (χ4n) is 1.75. The molecule has 1 rings (SSSR count). The summed E-state index contributed by atoms with van der Waals surface area (Å²) >= 11 is 0. The van der Waals surface area contributed by atoms with Gasteiger partial charge in [-0.25, -0.2) is 0 Å². The van der Waals surface area contributed by atoms with Crippen molar-refractivity contribution in [2.24, 2.45) is 5.73 Å². The van der Waals surface area contributed by atoms with Crippen LogP contribution in [0, 0.1) is 16.7 Å². The highest BCUT2D eigenvalue weighted by molar-refractivity contribution is 5.96. The van der Waals surface area contributed by atoms with E-state index in [1.54, 1.807) is 30.3 Å². The maximum atomic E-state index is 11.8. The lowest BCUT2D eigenvalue weighted by atomic mass is 10.2. The first-order valence-electron chi connectivity index (χ1n) is 6.97. The minimum atomic E-state index is -1.20. The highest BCUT2D eigenvalue weighted by atomic mass is 16.4. The quantitative estimate of drug-likeness (QED) is 0.336. The predicted octanol–water partition coefficient (Wildman–Crippen LogP) is 0.172. The molecule has 0 aliphatic carbocycles. The minimum absolute atomic E-state index is 0.0852. The van der Waals surface area contributed by atoms with Crippen molar-refractivity contribution in [2.75, 3.05) is 5.32 Å². The number of nitrogens with two attached hydrogens (primary N) is 1. The van der Waals surface area contributed by atoms with Crippen LogP contribution in [-0.4, -0.2) is 34.8 Å². The molecule has 126 valence electrons. The molecule has 0 aliphatic heterocycles. The number of hydrogen-bond acceptors (Lipinski definition) is 5. The molecule has 6 N–H and O–H groups in total. The lowest BCUT2D eigenvalue weighted by Gasteiger charge is -2.09. The van der Waals surface area contributed by atoms with Crippen LogP contribution in [0.5, 0.6) is 0 Å². The van der Waals surface area contributed by atoms with Gasteiger partial charge in [0.25, 0.3) is 0 Å². The van der Waals surface area contributed by atoms with Crippen LogP contribution in [0.2, 0.25) is 0 Å². The van der Waals surface area contributed by atoms with Crippen molar-refractivity contribution in [3.05, 3.63) is 29.8 Å². The van der Waals surface area contributed by atoms with Crippen LogP contribution in [0.25, 0.3) is 0 Å². The summed E-state index contributed by atoms with van der Waals surface area (Å²) in [6, 6.07) is 6.85. The molecule has 1 aromatic rings. The van der Waals surface area contributed by atoms with Gasteiger partial charge >= 0.3 is 5.97 Å². The van der Waals surface area contributed by atoms with Crippen molar-refractivity contribution >= 4 is 29.3 Å². The van der Waals surface area contributed by atoms with E-state index < -0.39 is 30.2 Å². The van der Waals surface area contributed by atoms with E-state index in [1.165, 1.54) is 0 Å². The van der Waals surface area contributed by atoms with Crippen LogP contribution in [0.4, 0.5) is 5.69 Å². The number of carbonyl (C=O) groups excluding carboxylic acids is 2. The van der Waals surface area contributed by atoms with Crippen molar-refractivity contribution in [1.29, 1.82) is 10.7 Å². The summed E-state index contributed by atoms with van der Waals surface area (Å²) in [6.45, 7) is 0. The molecule has 0 bridgehead atoms. The molecule has 1 atom stereocenters. The molecule has 2 amide bonds. The van der Waals surface area contributed by atoms with Gasteiger partial charge in [0.15, 0.2) is 0 Å². The largest absolute Gasteiger partial charge is 0.481 e. The number of aliphatic carboxylic acids is 1. The molecular weight excluding hydrogens is 314 g/mol. The third-order valence-corrected chi connectivity index (χ3v) is 2.93. The molecule has 0 aliphatic rings. The zero-order valence-corrected chi connectivity index (χ0v) is 12.7. The van der Waals surface area contributed by atoms with Crippen molar-refractivity contribution in [2.45, 2.75) is 25.3 Å². The Hall–Kier alpha value is -3.41. The number of rotatable bonds is 8. The van der Waals surface area contributed by atoms with Gasteiger partial charge in [-0.15, -0.1) is 0 Å². The topological polar surface area (TPSA) is 169 Å². The summed E-state index contributed by atoms with van der Waals surface area (Å²) in [5.41, 5.74) is 6.33. The number of amides is 2. The van der Waals surface area contributed by atoms with Crippen molar-refractivity contribution in [1.82, 2.24) is 5.32 Å². The molecule has 0 radical (unpaired) electrons. The second-order valence-corrected chi connectivity index (χ2v) is 4.89. The smallest absolute Gasteiger partial charge is 0.306 e. The first-order valence-corrected chi connectivity index (χ1v) is 6.97. The van der Waals surface area contributed by atoms with Crippen LogP contribution in [-0.2, 0) is 14.4 Å². The fourth-order valence-corrected chi connectivity index (χ4v) is 1.75. The van der Waals surface area contributed by atoms with E-state index in [0.717, 1.165) is 0 Å². The molecule has 1 aromatic carbocycles. The molecule has 9 nitrogen and oxygen atoms in total. The van der Waals surface area contributed by atoms with Gasteiger partial charge in [-0.2, -0.15) is 5.26 Å². The number of amidine groups is 1. The molecule has 24 heavy (non-hydrogen) atoms. The molecule has 0 aromatic heterocycles. The SMILES string of the molecule is N#CC(CC(=O)O)NC(=O)CCC(=O)Nc1ccc(C(=N)N)cc1. The number of nitrogens with one attached hydrogen (secondary N) is 3. The monoisotopic (exact) mass is 331 g/mol. The van der Waals surface area contributed by atoms with Crippen LogP contribution in [0.1, 0.15) is 24.8 Å². The zero-order valence-electron chi connectivity index (χ0n) is 12.7. The van der Waals surface area contributed by atoms with Gasteiger partial charge in [0.05, 0.1) is 12.5 Å². The van der Waals surface area contributed by atoms with Gasteiger partial charge in [-0.05, 0) is 24.3 Å². The van der Waals surface area contributed by atoms with Gasteiger partial charge in [-0.1, -0.05) is 0 Å². The number of carboxylic acid groups (broad SMARTS) is 1. The summed E-state index contributed by atoms with van der Waals surface area (Å²) < 4.78 is 0. The highest BCUT2D eigenvalue weighted by Crippen LogP contribution is 2.10. The number of benzene rings is 1. The summed E-state index contributed by atoms with van der Waals surface area (Å²) in [7, 11) is 0. The summed E-state index contributed by atoms with van der Waals surface area (Å²) in [4.78, 5) is 33.8. The number of nitriles is 1. The molecule has 0 spiro atoms. The van der Waals surface area contributed by atoms with Crippen LogP contribution < -0.4 is 16.4 Å². The average Bonchev–Trinajstić information content (AvgIpc) is 2.52. The Labute approximate surface area is 138 Å². The summed E-state index contributed by atoms with van der Waals surface area (Å²) in [5.74, 6) is -2.27. The van der Waals surface area contributed by atoms with Crippen molar-refractivity contribution < 1.29 is 19.5 Å². The Kier molecular flexibility index (Phi) is 6.91. The Balaban J connectivity index is 2.42. The predicted molar refractivity (Wildman–Crippen MR) is 85.1 cm³/mol. The maximum absolute atomic E-state index is 11.8. The Morgan fingerprint density at radius 1 is 1.21 bits per heavy atom. The van der Waals surface area contributed by atoms with E-state index in [1.807, 2.05) is 0 Å². The van der Waals surface area contributed by atoms with Gasteiger partial charge in [-0.3, -0.25) is 19.8 Å². The molecule has 9 heteroatoms. The highest BCUT2D eigenvalue weighted by Gasteiger charge is 2.15. The van der Waals surface area contributed by atoms with E-state index in [0.29, 0.717) is 11.3 Å². The Bertz CT molecular complexity index is 678. The van der Waals surface area contributed by atoms with Crippen molar-refractivity contribution in [3.8, 4) is 6.07 Å². The van der Waals surface area contributed by atoms with Crippen LogP contribution in [0.3, 0.4) is 0 Å². The molecule has 0 heterocycles. The van der Waals surface area contributed by atoms with Crippen molar-refractivity contribution in [3.63, 3.8) is 0 Å². The van der Waals surface area contributed by atoms with Gasteiger partial charge < -0.3 is 21.5 Å². The number of hydrogen-bond donors (Lipinski definition) is 5.